The largest absolute Gasteiger partial charge is 0.480 e. The Bertz CT molecular complexity index is 1140. The average Bonchev–Trinajstić information content (AvgIpc) is 2.75. The monoisotopic (exact) mass is 438 g/mol. The molecule has 0 aliphatic heterocycles. The van der Waals surface area contributed by atoms with Crippen LogP contribution in [0.5, 0.6) is 5.75 Å². The van der Waals surface area contributed by atoms with Gasteiger partial charge in [0.05, 0.1) is 4.90 Å². The number of nitrogens with one attached hydrogen (secondary N) is 2. The zero-order valence-electron chi connectivity index (χ0n) is 17.8. The van der Waals surface area contributed by atoms with Crippen molar-refractivity contribution in [2.24, 2.45) is 0 Å². The number of rotatable bonds is 8. The number of benzene rings is 3. The van der Waals surface area contributed by atoms with Gasteiger partial charge in [-0.05, 0) is 73.9 Å². The molecule has 1 amide bonds. The molecule has 0 unspecified atom stereocenters. The molecule has 0 bridgehead atoms. The normalized spacial score (nSPS) is 12.1. The quantitative estimate of drug-likeness (QED) is 0.524. The van der Waals surface area contributed by atoms with Crippen LogP contribution in [0.1, 0.15) is 24.5 Å². The molecule has 0 saturated heterocycles. The van der Waals surface area contributed by atoms with Crippen LogP contribution in [-0.4, -0.2) is 20.4 Å². The first kappa shape index (κ1) is 22.4. The van der Waals surface area contributed by atoms with E-state index in [4.69, 9.17) is 4.74 Å². The van der Waals surface area contributed by atoms with Crippen molar-refractivity contribution in [1.29, 1.82) is 0 Å². The van der Waals surface area contributed by atoms with Crippen molar-refractivity contribution in [3.8, 4) is 5.75 Å². The van der Waals surface area contributed by atoms with E-state index in [2.05, 4.69) is 10.0 Å². The van der Waals surface area contributed by atoms with Gasteiger partial charge in [-0.2, -0.15) is 0 Å². The van der Waals surface area contributed by atoms with Gasteiger partial charge in [0.1, 0.15) is 5.75 Å². The van der Waals surface area contributed by atoms with Gasteiger partial charge in [0, 0.05) is 11.4 Å². The highest BCUT2D eigenvalue weighted by atomic mass is 32.2. The Balaban J connectivity index is 1.68. The third kappa shape index (κ3) is 5.86. The molecule has 0 aliphatic rings. The Morgan fingerprint density at radius 3 is 2.26 bits per heavy atom. The molecule has 0 heterocycles. The van der Waals surface area contributed by atoms with Crippen molar-refractivity contribution < 1.29 is 17.9 Å². The van der Waals surface area contributed by atoms with Gasteiger partial charge in [-0.25, -0.2) is 8.42 Å². The lowest BCUT2D eigenvalue weighted by Gasteiger charge is -2.19. The van der Waals surface area contributed by atoms with E-state index in [9.17, 15) is 13.2 Å². The Morgan fingerprint density at radius 1 is 0.935 bits per heavy atom. The summed E-state index contributed by atoms with van der Waals surface area (Å²) in [6, 6.07) is 20.5. The molecule has 3 aromatic carbocycles. The number of hydrogen-bond donors (Lipinski definition) is 2. The molecule has 0 aliphatic carbocycles. The minimum Gasteiger partial charge on any atom is -0.480 e. The van der Waals surface area contributed by atoms with Crippen LogP contribution in [0.4, 0.5) is 11.4 Å². The van der Waals surface area contributed by atoms with Gasteiger partial charge in [-0.15, -0.1) is 0 Å². The summed E-state index contributed by atoms with van der Waals surface area (Å²) in [5.74, 6) is 0.386. The number of hydrogen-bond acceptors (Lipinski definition) is 4. The number of ether oxygens (including phenoxy) is 1. The van der Waals surface area contributed by atoms with E-state index in [1.165, 1.54) is 12.1 Å². The molecule has 0 spiro atoms. The van der Waals surface area contributed by atoms with Crippen LogP contribution in [0.2, 0.25) is 0 Å². The molecule has 3 aromatic rings. The molecule has 0 saturated carbocycles. The lowest BCUT2D eigenvalue weighted by molar-refractivity contribution is -0.122. The van der Waals surface area contributed by atoms with E-state index in [1.807, 2.05) is 45.0 Å². The smallest absolute Gasteiger partial charge is 0.265 e. The molecule has 1 atom stereocenters. The van der Waals surface area contributed by atoms with Gasteiger partial charge >= 0.3 is 0 Å². The second kappa shape index (κ2) is 9.66. The molecule has 31 heavy (non-hydrogen) atoms. The highest BCUT2D eigenvalue weighted by Gasteiger charge is 2.20. The zero-order valence-corrected chi connectivity index (χ0v) is 18.6. The molecule has 7 heteroatoms. The molecule has 0 aromatic heterocycles. The summed E-state index contributed by atoms with van der Waals surface area (Å²) in [4.78, 5) is 12.8. The lowest BCUT2D eigenvalue weighted by atomic mass is 10.1. The van der Waals surface area contributed by atoms with Crippen molar-refractivity contribution in [2.75, 3.05) is 10.0 Å². The Morgan fingerprint density at radius 2 is 1.61 bits per heavy atom. The summed E-state index contributed by atoms with van der Waals surface area (Å²) >= 11 is 0. The van der Waals surface area contributed by atoms with Crippen LogP contribution in [0.3, 0.4) is 0 Å². The third-order valence-electron chi connectivity index (χ3n) is 4.73. The van der Waals surface area contributed by atoms with E-state index in [0.717, 1.165) is 11.1 Å². The first-order chi connectivity index (χ1) is 14.8. The van der Waals surface area contributed by atoms with Crippen molar-refractivity contribution in [2.45, 2.75) is 38.2 Å². The van der Waals surface area contributed by atoms with E-state index < -0.39 is 16.1 Å². The Hall–Kier alpha value is -3.32. The topological polar surface area (TPSA) is 84.5 Å². The van der Waals surface area contributed by atoms with Gasteiger partial charge in [-0.3, -0.25) is 9.52 Å². The predicted molar refractivity (Wildman–Crippen MR) is 123 cm³/mol. The average molecular weight is 439 g/mol. The van der Waals surface area contributed by atoms with Crippen molar-refractivity contribution in [3.63, 3.8) is 0 Å². The molecular weight excluding hydrogens is 412 g/mol. The first-order valence-corrected chi connectivity index (χ1v) is 11.5. The minimum atomic E-state index is -3.72. The fraction of sp³-hybridized carbons (Fsp3) is 0.208. The fourth-order valence-electron chi connectivity index (χ4n) is 2.97. The Kier molecular flexibility index (Phi) is 6.97. The van der Waals surface area contributed by atoms with Crippen molar-refractivity contribution in [1.82, 2.24) is 0 Å². The van der Waals surface area contributed by atoms with Crippen molar-refractivity contribution >= 4 is 27.3 Å². The van der Waals surface area contributed by atoms with Crippen LogP contribution < -0.4 is 14.8 Å². The van der Waals surface area contributed by atoms with Crippen molar-refractivity contribution in [3.05, 3.63) is 83.9 Å². The number of anilines is 2. The zero-order chi connectivity index (χ0) is 22.4. The SMILES string of the molecule is CC[C@@H](Oc1cc(C)ccc1C)C(=O)Nc1ccc(S(=O)(=O)Nc2ccccc2)cc1. The number of amides is 1. The van der Waals surface area contributed by atoms with Crippen LogP contribution in [0.15, 0.2) is 77.7 Å². The second-order valence-corrected chi connectivity index (χ2v) is 8.95. The highest BCUT2D eigenvalue weighted by molar-refractivity contribution is 7.92. The van der Waals surface area contributed by atoms with E-state index >= 15 is 0 Å². The Labute approximate surface area is 183 Å². The maximum Gasteiger partial charge on any atom is 0.265 e. The fourth-order valence-corrected chi connectivity index (χ4v) is 4.03. The van der Waals surface area contributed by atoms with Gasteiger partial charge < -0.3 is 10.1 Å². The van der Waals surface area contributed by atoms with Gasteiger partial charge in [0.25, 0.3) is 15.9 Å². The summed E-state index contributed by atoms with van der Waals surface area (Å²) < 4.78 is 33.5. The van der Waals surface area contributed by atoms with E-state index in [1.54, 1.807) is 36.4 Å². The summed E-state index contributed by atoms with van der Waals surface area (Å²) in [5.41, 5.74) is 2.98. The van der Waals surface area contributed by atoms with Gasteiger partial charge in [0.15, 0.2) is 6.10 Å². The maximum atomic E-state index is 12.7. The summed E-state index contributed by atoms with van der Waals surface area (Å²) in [7, 11) is -3.72. The molecule has 0 fully saturated rings. The molecule has 0 radical (unpaired) electrons. The van der Waals surface area contributed by atoms with Crippen LogP contribution in [0, 0.1) is 13.8 Å². The van der Waals surface area contributed by atoms with Crippen LogP contribution in [-0.2, 0) is 14.8 Å². The van der Waals surface area contributed by atoms with E-state index in [0.29, 0.717) is 23.5 Å². The van der Waals surface area contributed by atoms with Gasteiger partial charge in [0.2, 0.25) is 0 Å². The molecule has 2 N–H and O–H groups in total. The number of para-hydroxylation sites is 1. The summed E-state index contributed by atoms with van der Waals surface area (Å²) in [6.07, 6.45) is -0.171. The second-order valence-electron chi connectivity index (χ2n) is 7.27. The highest BCUT2D eigenvalue weighted by Crippen LogP contribution is 2.22. The van der Waals surface area contributed by atoms with E-state index in [-0.39, 0.29) is 10.8 Å². The minimum absolute atomic E-state index is 0.105. The molecular formula is C24H26N2O4S. The molecule has 162 valence electrons. The molecule has 6 nitrogen and oxygen atoms in total. The maximum absolute atomic E-state index is 12.7. The lowest BCUT2D eigenvalue weighted by Crippen LogP contribution is -2.32. The van der Waals surface area contributed by atoms with Crippen LogP contribution >= 0.6 is 0 Å². The number of carbonyl (C=O) groups excluding carboxylic acids is 1. The summed E-state index contributed by atoms with van der Waals surface area (Å²) in [6.45, 7) is 5.78. The number of sulfonamides is 1. The first-order valence-electron chi connectivity index (χ1n) is 10.0. The number of carbonyl (C=O) groups is 1. The summed E-state index contributed by atoms with van der Waals surface area (Å²) in [5, 5.41) is 2.80. The number of aryl methyl sites for hydroxylation is 2. The van der Waals surface area contributed by atoms with Gasteiger partial charge in [-0.1, -0.05) is 37.3 Å². The molecule has 3 rings (SSSR count). The van der Waals surface area contributed by atoms with Crippen LogP contribution in [0.25, 0.3) is 0 Å². The third-order valence-corrected chi connectivity index (χ3v) is 6.13. The predicted octanol–water partition coefficient (Wildman–Crippen LogP) is 4.90. The standard InChI is InChI=1S/C24H26N2O4S/c1-4-22(30-23-16-17(2)10-11-18(23)3)24(27)25-19-12-14-21(15-13-19)31(28,29)26-20-8-6-5-7-9-20/h5-16,22,26H,4H2,1-3H3,(H,25,27)/t22-/m1/s1.